The lowest BCUT2D eigenvalue weighted by Crippen LogP contribution is -2.07. The van der Waals surface area contributed by atoms with E-state index in [1.165, 1.54) is 24.4 Å². The Hall–Kier alpha value is -2.75. The quantitative estimate of drug-likeness (QED) is 0.572. The summed E-state index contributed by atoms with van der Waals surface area (Å²) in [6, 6.07) is 13.4. The fraction of sp³-hybridized carbons (Fsp3) is 0. The molecular formula is C16H11FN2O. The lowest BCUT2D eigenvalue weighted by molar-refractivity contribution is 0.103. The smallest absolute Gasteiger partial charge is 0.196 e. The SMILES string of the molecule is Nc1c(F)cccc1C(=O)c1cnc2ccccc2c1. The minimum atomic E-state index is -0.593. The van der Waals surface area contributed by atoms with Crippen LogP contribution in [-0.4, -0.2) is 10.8 Å². The number of halogens is 1. The highest BCUT2D eigenvalue weighted by Crippen LogP contribution is 2.21. The third kappa shape index (κ3) is 2.01. The standard InChI is InChI=1S/C16H11FN2O/c17-13-6-3-5-12(15(13)18)16(20)11-8-10-4-1-2-7-14(10)19-9-11/h1-9H,18H2. The van der Waals surface area contributed by atoms with E-state index < -0.39 is 5.82 Å². The number of rotatable bonds is 2. The Kier molecular flexibility index (Phi) is 2.91. The average molecular weight is 266 g/mol. The highest BCUT2D eigenvalue weighted by atomic mass is 19.1. The van der Waals surface area contributed by atoms with Crippen LogP contribution in [0.5, 0.6) is 0 Å². The van der Waals surface area contributed by atoms with Gasteiger partial charge in [0, 0.05) is 22.7 Å². The first-order chi connectivity index (χ1) is 9.66. The van der Waals surface area contributed by atoms with E-state index in [4.69, 9.17) is 5.73 Å². The van der Waals surface area contributed by atoms with Crippen molar-refractivity contribution in [3.05, 3.63) is 71.7 Å². The van der Waals surface area contributed by atoms with E-state index in [2.05, 4.69) is 4.98 Å². The molecule has 0 aliphatic heterocycles. The van der Waals surface area contributed by atoms with E-state index in [9.17, 15) is 9.18 Å². The van der Waals surface area contributed by atoms with Crippen LogP contribution in [-0.2, 0) is 0 Å². The van der Waals surface area contributed by atoms with E-state index in [0.29, 0.717) is 5.56 Å². The first kappa shape index (κ1) is 12.3. The Morgan fingerprint density at radius 3 is 2.75 bits per heavy atom. The first-order valence-electron chi connectivity index (χ1n) is 6.10. The van der Waals surface area contributed by atoms with E-state index in [1.807, 2.05) is 24.3 Å². The van der Waals surface area contributed by atoms with Gasteiger partial charge in [0.25, 0.3) is 0 Å². The number of aromatic nitrogens is 1. The van der Waals surface area contributed by atoms with Gasteiger partial charge in [-0.15, -0.1) is 0 Å². The third-order valence-corrected chi connectivity index (χ3v) is 3.15. The van der Waals surface area contributed by atoms with Gasteiger partial charge in [0.1, 0.15) is 5.82 Å². The second-order valence-electron chi connectivity index (χ2n) is 4.45. The predicted molar refractivity (Wildman–Crippen MR) is 76.0 cm³/mol. The summed E-state index contributed by atoms with van der Waals surface area (Å²) < 4.78 is 13.4. The van der Waals surface area contributed by atoms with Gasteiger partial charge in [-0.25, -0.2) is 4.39 Å². The maximum atomic E-state index is 13.4. The van der Waals surface area contributed by atoms with Crippen molar-refractivity contribution in [3.8, 4) is 0 Å². The van der Waals surface area contributed by atoms with Crippen molar-refractivity contribution in [3.63, 3.8) is 0 Å². The molecule has 3 aromatic rings. The van der Waals surface area contributed by atoms with Crippen molar-refractivity contribution in [1.29, 1.82) is 0 Å². The van der Waals surface area contributed by atoms with Crippen LogP contribution >= 0.6 is 0 Å². The van der Waals surface area contributed by atoms with Crippen molar-refractivity contribution < 1.29 is 9.18 Å². The average Bonchev–Trinajstić information content (AvgIpc) is 2.49. The van der Waals surface area contributed by atoms with Crippen LogP contribution in [0.25, 0.3) is 10.9 Å². The number of pyridine rings is 1. The summed E-state index contributed by atoms with van der Waals surface area (Å²) in [5, 5.41) is 0.855. The van der Waals surface area contributed by atoms with Crippen molar-refractivity contribution in [2.24, 2.45) is 0 Å². The van der Waals surface area contributed by atoms with Crippen LogP contribution in [0.15, 0.2) is 54.7 Å². The molecule has 0 aliphatic carbocycles. The summed E-state index contributed by atoms with van der Waals surface area (Å²) in [7, 11) is 0. The van der Waals surface area contributed by atoms with Gasteiger partial charge in [0.2, 0.25) is 0 Å². The Labute approximate surface area is 114 Å². The molecule has 4 heteroatoms. The highest BCUT2D eigenvalue weighted by molar-refractivity contribution is 6.13. The fourth-order valence-electron chi connectivity index (χ4n) is 2.09. The lowest BCUT2D eigenvalue weighted by Gasteiger charge is -2.06. The fourth-order valence-corrected chi connectivity index (χ4v) is 2.09. The molecule has 2 N–H and O–H groups in total. The molecule has 0 fully saturated rings. The second-order valence-corrected chi connectivity index (χ2v) is 4.45. The predicted octanol–water partition coefficient (Wildman–Crippen LogP) is 3.19. The van der Waals surface area contributed by atoms with Gasteiger partial charge >= 0.3 is 0 Å². The molecule has 0 saturated heterocycles. The molecular weight excluding hydrogens is 255 g/mol. The molecule has 0 bridgehead atoms. The number of nitrogen functional groups attached to an aromatic ring is 1. The van der Waals surface area contributed by atoms with Gasteiger partial charge in [0.05, 0.1) is 11.2 Å². The molecule has 1 aromatic heterocycles. The Morgan fingerprint density at radius 1 is 1.10 bits per heavy atom. The molecule has 0 amide bonds. The number of ketones is 1. The maximum absolute atomic E-state index is 13.4. The number of fused-ring (bicyclic) bond motifs is 1. The summed E-state index contributed by atoms with van der Waals surface area (Å²) >= 11 is 0. The number of carbonyl (C=O) groups is 1. The molecule has 20 heavy (non-hydrogen) atoms. The molecule has 0 unspecified atom stereocenters. The van der Waals surface area contributed by atoms with Crippen LogP contribution in [0.1, 0.15) is 15.9 Å². The zero-order valence-electron chi connectivity index (χ0n) is 10.5. The molecule has 0 radical (unpaired) electrons. The summed E-state index contributed by atoms with van der Waals surface area (Å²) in [5.41, 5.74) is 6.83. The first-order valence-corrected chi connectivity index (χ1v) is 6.10. The topological polar surface area (TPSA) is 56.0 Å². The molecule has 3 rings (SSSR count). The molecule has 3 nitrogen and oxygen atoms in total. The molecule has 0 atom stereocenters. The van der Waals surface area contributed by atoms with Crippen molar-refractivity contribution in [1.82, 2.24) is 4.98 Å². The van der Waals surface area contributed by atoms with Crippen molar-refractivity contribution in [2.75, 3.05) is 5.73 Å². The zero-order chi connectivity index (χ0) is 14.1. The molecule has 0 saturated carbocycles. The highest BCUT2D eigenvalue weighted by Gasteiger charge is 2.15. The number of nitrogens with zero attached hydrogens (tertiary/aromatic N) is 1. The number of nitrogens with two attached hydrogens (primary N) is 1. The Morgan fingerprint density at radius 2 is 1.90 bits per heavy atom. The molecule has 0 aliphatic rings. The number of para-hydroxylation sites is 2. The van der Waals surface area contributed by atoms with Gasteiger partial charge in [-0.3, -0.25) is 9.78 Å². The number of hydrogen-bond donors (Lipinski definition) is 1. The lowest BCUT2D eigenvalue weighted by atomic mass is 10.0. The molecule has 98 valence electrons. The number of hydrogen-bond acceptors (Lipinski definition) is 3. The summed E-state index contributed by atoms with van der Waals surface area (Å²) in [6.07, 6.45) is 1.48. The van der Waals surface area contributed by atoms with E-state index >= 15 is 0 Å². The van der Waals surface area contributed by atoms with Gasteiger partial charge < -0.3 is 5.73 Å². The van der Waals surface area contributed by atoms with E-state index in [1.54, 1.807) is 6.07 Å². The van der Waals surface area contributed by atoms with Gasteiger partial charge in [-0.1, -0.05) is 24.3 Å². The van der Waals surface area contributed by atoms with E-state index in [-0.39, 0.29) is 17.0 Å². The molecule has 2 aromatic carbocycles. The van der Waals surface area contributed by atoms with Gasteiger partial charge in [-0.2, -0.15) is 0 Å². The minimum Gasteiger partial charge on any atom is -0.396 e. The van der Waals surface area contributed by atoms with Crippen LogP contribution in [0, 0.1) is 5.82 Å². The minimum absolute atomic E-state index is 0.134. The summed E-state index contributed by atoms with van der Waals surface area (Å²) in [5.74, 6) is -0.926. The summed E-state index contributed by atoms with van der Waals surface area (Å²) in [4.78, 5) is 16.6. The van der Waals surface area contributed by atoms with Crippen LogP contribution in [0.4, 0.5) is 10.1 Å². The Bertz CT molecular complexity index is 814. The number of anilines is 1. The van der Waals surface area contributed by atoms with Crippen molar-refractivity contribution >= 4 is 22.4 Å². The molecule has 1 heterocycles. The van der Waals surface area contributed by atoms with Gasteiger partial charge in [0.15, 0.2) is 5.78 Å². The van der Waals surface area contributed by atoms with Crippen LogP contribution < -0.4 is 5.73 Å². The van der Waals surface area contributed by atoms with Crippen molar-refractivity contribution in [2.45, 2.75) is 0 Å². The third-order valence-electron chi connectivity index (χ3n) is 3.15. The zero-order valence-corrected chi connectivity index (χ0v) is 10.5. The summed E-state index contributed by atoms with van der Waals surface area (Å²) in [6.45, 7) is 0. The van der Waals surface area contributed by atoms with E-state index in [0.717, 1.165) is 10.9 Å². The normalized spacial score (nSPS) is 10.7. The Balaban J connectivity index is 2.10. The largest absolute Gasteiger partial charge is 0.396 e. The monoisotopic (exact) mass is 266 g/mol. The van der Waals surface area contributed by atoms with Crippen LogP contribution in [0.3, 0.4) is 0 Å². The number of benzene rings is 2. The second kappa shape index (κ2) is 4.74. The van der Waals surface area contributed by atoms with Crippen LogP contribution in [0.2, 0.25) is 0 Å². The van der Waals surface area contributed by atoms with Gasteiger partial charge in [-0.05, 0) is 24.3 Å². The number of carbonyl (C=O) groups excluding carboxylic acids is 1. The maximum Gasteiger partial charge on any atom is 0.196 e. The molecule has 0 spiro atoms.